The molecule has 0 spiro atoms. The molecule has 192 valence electrons. The van der Waals surface area contributed by atoms with Crippen LogP contribution in [0.2, 0.25) is 0 Å². The van der Waals surface area contributed by atoms with Crippen molar-refractivity contribution in [2.45, 2.75) is 18.4 Å². The van der Waals surface area contributed by atoms with Crippen LogP contribution in [0, 0.1) is 12.3 Å². The molecule has 0 amide bonds. The molecule has 9 nitrogen and oxygen atoms in total. The molecule has 0 fully saturated rings. The fourth-order valence-electron chi connectivity index (χ4n) is 4.03. The van der Waals surface area contributed by atoms with Crippen LogP contribution in [0.25, 0.3) is 10.9 Å². The molecule has 0 aliphatic heterocycles. The first kappa shape index (κ1) is 26.1. The van der Waals surface area contributed by atoms with Crippen molar-refractivity contribution < 1.29 is 8.42 Å². The van der Waals surface area contributed by atoms with Gasteiger partial charge in [-0.05, 0) is 56.9 Å². The maximum atomic E-state index is 13.6. The number of sulfonamides is 1. The Morgan fingerprint density at radius 2 is 1.68 bits per heavy atom. The molecular weight excluding hydrogens is 488 g/mol. The summed E-state index contributed by atoms with van der Waals surface area (Å²) in [6.07, 6.45) is 0. The first-order valence-corrected chi connectivity index (χ1v) is 13.2. The van der Waals surface area contributed by atoms with E-state index in [-0.39, 0.29) is 29.4 Å². The van der Waals surface area contributed by atoms with Gasteiger partial charge < -0.3 is 10.6 Å². The summed E-state index contributed by atoms with van der Waals surface area (Å²) in [7, 11) is -0.105. The second-order valence-electron chi connectivity index (χ2n) is 9.06. The molecular formula is C27H30N6O3S. The van der Waals surface area contributed by atoms with E-state index in [1.54, 1.807) is 72.2 Å². The monoisotopic (exact) mass is 518 g/mol. The average molecular weight is 519 g/mol. The standard InChI is InChI=1S/C27H30N6O3S/c1-19-30-25-14-13-22(33(16-15-31(2)3)37(35,36)23-7-5-4-6-8-23)17-24(25)27(34)32(19)18-20-9-11-21(12-10-20)26(28)29/h4-14,17H,15-16,18H2,1-3H3,(H3,28,29). The number of anilines is 1. The van der Waals surface area contributed by atoms with Crippen LogP contribution in [-0.4, -0.2) is 55.9 Å². The molecule has 0 bridgehead atoms. The van der Waals surface area contributed by atoms with E-state index in [0.717, 1.165) is 5.56 Å². The smallest absolute Gasteiger partial charge is 0.264 e. The predicted molar refractivity (Wildman–Crippen MR) is 147 cm³/mol. The molecule has 3 aromatic carbocycles. The fraction of sp³-hybridized carbons (Fsp3) is 0.222. The van der Waals surface area contributed by atoms with Gasteiger partial charge in [0.2, 0.25) is 0 Å². The molecule has 0 unspecified atom stereocenters. The zero-order chi connectivity index (χ0) is 26.7. The molecule has 4 aromatic rings. The van der Waals surface area contributed by atoms with Crippen LogP contribution in [-0.2, 0) is 16.6 Å². The van der Waals surface area contributed by atoms with Gasteiger partial charge in [-0.15, -0.1) is 0 Å². The van der Waals surface area contributed by atoms with Crippen LogP contribution in [0.1, 0.15) is 17.0 Å². The Labute approximate surface area is 216 Å². The number of hydrogen-bond acceptors (Lipinski definition) is 6. The molecule has 0 aliphatic carbocycles. The molecule has 0 aliphatic rings. The minimum atomic E-state index is -3.86. The number of nitrogens with zero attached hydrogens (tertiary/aromatic N) is 4. The zero-order valence-electron chi connectivity index (χ0n) is 21.0. The van der Waals surface area contributed by atoms with Crippen LogP contribution < -0.4 is 15.6 Å². The second kappa shape index (κ2) is 10.5. The summed E-state index contributed by atoms with van der Waals surface area (Å²) in [5.74, 6) is 0.520. The fourth-order valence-corrected chi connectivity index (χ4v) is 5.50. The van der Waals surface area contributed by atoms with E-state index in [4.69, 9.17) is 11.1 Å². The third-order valence-electron chi connectivity index (χ3n) is 6.10. The normalized spacial score (nSPS) is 11.7. The number of nitrogens with two attached hydrogens (primary N) is 1. The van der Waals surface area contributed by atoms with Gasteiger partial charge in [-0.2, -0.15) is 0 Å². The number of hydrogen-bond donors (Lipinski definition) is 2. The van der Waals surface area contributed by atoms with Gasteiger partial charge in [0, 0.05) is 18.7 Å². The van der Waals surface area contributed by atoms with Crippen molar-refractivity contribution in [2.75, 3.05) is 31.5 Å². The Morgan fingerprint density at radius 1 is 1.00 bits per heavy atom. The number of nitrogens with one attached hydrogen (secondary N) is 1. The van der Waals surface area contributed by atoms with Gasteiger partial charge in [0.05, 0.1) is 28.0 Å². The quantitative estimate of drug-likeness (QED) is 0.259. The van der Waals surface area contributed by atoms with E-state index in [0.29, 0.717) is 34.5 Å². The number of amidine groups is 1. The molecule has 4 rings (SSSR count). The van der Waals surface area contributed by atoms with Crippen LogP contribution in [0.5, 0.6) is 0 Å². The summed E-state index contributed by atoms with van der Waals surface area (Å²) < 4.78 is 30.1. The topological polar surface area (TPSA) is 125 Å². The number of benzene rings is 3. The second-order valence-corrected chi connectivity index (χ2v) is 10.9. The Morgan fingerprint density at radius 3 is 2.30 bits per heavy atom. The first-order valence-electron chi connectivity index (χ1n) is 11.7. The maximum Gasteiger partial charge on any atom is 0.264 e. The van der Waals surface area contributed by atoms with Crippen molar-refractivity contribution >= 4 is 32.4 Å². The van der Waals surface area contributed by atoms with E-state index in [9.17, 15) is 13.2 Å². The number of aryl methyl sites for hydroxylation is 1. The van der Waals surface area contributed by atoms with Gasteiger partial charge in [0.25, 0.3) is 15.6 Å². The van der Waals surface area contributed by atoms with Gasteiger partial charge in [-0.1, -0.05) is 42.5 Å². The average Bonchev–Trinajstić information content (AvgIpc) is 2.87. The van der Waals surface area contributed by atoms with Crippen molar-refractivity contribution in [3.63, 3.8) is 0 Å². The number of likely N-dealkylation sites (N-methyl/N-ethyl adjacent to an activating group) is 1. The summed E-state index contributed by atoms with van der Waals surface area (Å²) in [4.78, 5) is 20.3. The van der Waals surface area contributed by atoms with Crippen molar-refractivity contribution in [3.8, 4) is 0 Å². The van der Waals surface area contributed by atoms with E-state index in [1.165, 1.54) is 4.31 Å². The highest BCUT2D eigenvalue weighted by molar-refractivity contribution is 7.92. The molecule has 0 radical (unpaired) electrons. The zero-order valence-corrected chi connectivity index (χ0v) is 21.9. The Balaban J connectivity index is 1.79. The highest BCUT2D eigenvalue weighted by Crippen LogP contribution is 2.26. The lowest BCUT2D eigenvalue weighted by Crippen LogP contribution is -2.37. The minimum absolute atomic E-state index is 0.0240. The number of rotatable bonds is 9. The Bertz CT molecular complexity index is 1600. The van der Waals surface area contributed by atoms with Gasteiger partial charge in [-0.25, -0.2) is 13.4 Å². The van der Waals surface area contributed by atoms with Crippen LogP contribution in [0.15, 0.2) is 82.5 Å². The van der Waals surface area contributed by atoms with Gasteiger partial charge in [0.1, 0.15) is 11.7 Å². The summed E-state index contributed by atoms with van der Waals surface area (Å²) >= 11 is 0. The van der Waals surface area contributed by atoms with Crippen molar-refractivity contribution in [2.24, 2.45) is 5.73 Å². The predicted octanol–water partition coefficient (Wildman–Crippen LogP) is 2.79. The highest BCUT2D eigenvalue weighted by atomic mass is 32.2. The maximum absolute atomic E-state index is 13.6. The number of nitrogen functional groups attached to an aromatic ring is 1. The van der Waals surface area contributed by atoms with Crippen molar-refractivity contribution in [1.29, 1.82) is 5.41 Å². The van der Waals surface area contributed by atoms with Gasteiger partial charge in [-0.3, -0.25) is 19.1 Å². The molecule has 0 atom stereocenters. The van der Waals surface area contributed by atoms with E-state index in [1.807, 2.05) is 31.1 Å². The molecule has 10 heteroatoms. The third-order valence-corrected chi connectivity index (χ3v) is 7.95. The Kier molecular flexibility index (Phi) is 7.42. The lowest BCUT2D eigenvalue weighted by Gasteiger charge is -2.26. The lowest BCUT2D eigenvalue weighted by atomic mass is 10.1. The van der Waals surface area contributed by atoms with Gasteiger partial charge >= 0.3 is 0 Å². The van der Waals surface area contributed by atoms with Gasteiger partial charge in [0.15, 0.2) is 0 Å². The highest BCUT2D eigenvalue weighted by Gasteiger charge is 2.25. The molecule has 0 saturated carbocycles. The molecule has 1 heterocycles. The third kappa shape index (κ3) is 5.55. The van der Waals surface area contributed by atoms with E-state index in [2.05, 4.69) is 4.98 Å². The number of aromatic nitrogens is 2. The lowest BCUT2D eigenvalue weighted by molar-refractivity contribution is 0.419. The molecule has 1 aromatic heterocycles. The van der Waals surface area contributed by atoms with E-state index >= 15 is 0 Å². The Hall–Kier alpha value is -4.02. The summed E-state index contributed by atoms with van der Waals surface area (Å²) in [6, 6.07) is 20.4. The number of fused-ring (bicyclic) bond motifs is 1. The molecule has 37 heavy (non-hydrogen) atoms. The summed E-state index contributed by atoms with van der Waals surface area (Å²) in [5, 5.41) is 7.89. The van der Waals surface area contributed by atoms with Crippen LogP contribution in [0.4, 0.5) is 5.69 Å². The molecule has 3 N–H and O–H groups in total. The minimum Gasteiger partial charge on any atom is -0.384 e. The SMILES string of the molecule is Cc1nc2ccc(N(CCN(C)C)S(=O)(=O)c3ccccc3)cc2c(=O)n1Cc1ccc(C(=N)N)cc1. The van der Waals surface area contributed by atoms with Crippen molar-refractivity contribution in [3.05, 3.63) is 100 Å². The largest absolute Gasteiger partial charge is 0.384 e. The summed E-state index contributed by atoms with van der Waals surface area (Å²) in [5.41, 5.74) is 7.64. The summed E-state index contributed by atoms with van der Waals surface area (Å²) in [6.45, 7) is 2.76. The van der Waals surface area contributed by atoms with Crippen LogP contribution in [0.3, 0.4) is 0 Å². The van der Waals surface area contributed by atoms with Crippen molar-refractivity contribution in [1.82, 2.24) is 14.5 Å². The molecule has 0 saturated heterocycles. The van der Waals surface area contributed by atoms with E-state index < -0.39 is 10.0 Å². The van der Waals surface area contributed by atoms with Crippen LogP contribution >= 0.6 is 0 Å². The first-order chi connectivity index (χ1) is 17.6.